The molecule has 2 aliphatic rings. The summed E-state index contributed by atoms with van der Waals surface area (Å²) in [6, 6.07) is 16.2. The Morgan fingerprint density at radius 1 is 1.08 bits per heavy atom. The molecule has 8 nitrogen and oxygen atoms in total. The minimum Gasteiger partial charge on any atom is -0.481 e. The van der Waals surface area contributed by atoms with Gasteiger partial charge in [0.2, 0.25) is 0 Å². The fourth-order valence-electron chi connectivity index (χ4n) is 5.14. The first kappa shape index (κ1) is 28.7. The Bertz CT molecular complexity index is 1190. The van der Waals surface area contributed by atoms with Crippen LogP contribution in [0.25, 0.3) is 0 Å². The normalized spacial score (nSPS) is 21.8. The van der Waals surface area contributed by atoms with Crippen LogP contribution >= 0.6 is 0 Å². The third-order valence-corrected chi connectivity index (χ3v) is 8.64. The second-order valence-corrected chi connectivity index (χ2v) is 11.3. The molecule has 0 unspecified atom stereocenters. The van der Waals surface area contributed by atoms with Gasteiger partial charge in [0.1, 0.15) is 11.6 Å². The van der Waals surface area contributed by atoms with Gasteiger partial charge in [0.05, 0.1) is 22.8 Å². The second kappa shape index (κ2) is 12.1. The van der Waals surface area contributed by atoms with E-state index in [2.05, 4.69) is 9.50 Å². The molecule has 2 saturated carbocycles. The molecule has 0 heterocycles. The summed E-state index contributed by atoms with van der Waals surface area (Å²) in [7, 11) is -3.53. The Balaban J connectivity index is 0.000000248. The van der Waals surface area contributed by atoms with Gasteiger partial charge in [-0.15, -0.1) is 0 Å². The molecule has 0 amide bonds. The number of aryl methyl sites for hydroxylation is 1. The fourth-order valence-corrected chi connectivity index (χ4v) is 6.05. The van der Waals surface area contributed by atoms with Gasteiger partial charge >= 0.3 is 5.97 Å². The number of carbonyl (C=O) groups excluding carboxylic acids is 2. The first-order chi connectivity index (χ1) is 17.5. The number of rotatable bonds is 7. The lowest BCUT2D eigenvalue weighted by Crippen LogP contribution is -2.51. The minimum atomic E-state index is -3.53. The van der Waals surface area contributed by atoms with Crippen LogP contribution in [0.15, 0.2) is 59.5 Å². The van der Waals surface area contributed by atoms with Crippen LogP contribution in [0, 0.1) is 18.3 Å². The van der Waals surface area contributed by atoms with E-state index in [-0.39, 0.29) is 54.4 Å². The molecule has 0 saturated heterocycles. The van der Waals surface area contributed by atoms with Crippen LogP contribution < -0.4 is 5.32 Å². The lowest BCUT2D eigenvalue weighted by atomic mass is 9.65. The van der Waals surface area contributed by atoms with Gasteiger partial charge in [-0.1, -0.05) is 48.0 Å². The number of carbonyl (C=O) groups is 3. The molecule has 0 radical (unpaired) electrons. The Morgan fingerprint density at radius 3 is 2.22 bits per heavy atom. The molecule has 37 heavy (non-hydrogen) atoms. The van der Waals surface area contributed by atoms with E-state index >= 15 is 0 Å². The number of aliphatic carboxylic acids is 1. The standard InChI is InChI=1S/C19H23NO4.C9H12O3S/c1-12(13-5-3-2-4-6-13)20-15-9-10-19(11-14(15)18(23)24)16(21)7-8-17(19)22;1-3-12-13(10,11)9-6-4-8(2)5-7-9/h2-6,12,14-15,20H,7-11H2,1H3,(H,23,24);4-7H,3H2,1-2H3/t12-,14+,15-;/m0./s1. The molecule has 1 spiro atoms. The fraction of sp³-hybridized carbons (Fsp3) is 0.464. The van der Waals surface area contributed by atoms with Crippen molar-refractivity contribution in [2.24, 2.45) is 11.3 Å². The van der Waals surface area contributed by atoms with Crippen molar-refractivity contribution in [3.63, 3.8) is 0 Å². The number of carboxylic acid groups (broad SMARTS) is 1. The van der Waals surface area contributed by atoms with Gasteiger partial charge in [-0.2, -0.15) is 8.42 Å². The van der Waals surface area contributed by atoms with Gasteiger partial charge in [0, 0.05) is 24.9 Å². The van der Waals surface area contributed by atoms with Crippen LogP contribution in [0.5, 0.6) is 0 Å². The molecule has 2 aromatic rings. The molecule has 0 aliphatic heterocycles. The third-order valence-electron chi connectivity index (χ3n) is 7.25. The summed E-state index contributed by atoms with van der Waals surface area (Å²) in [4.78, 5) is 36.5. The smallest absolute Gasteiger partial charge is 0.308 e. The van der Waals surface area contributed by atoms with Gasteiger partial charge < -0.3 is 10.4 Å². The van der Waals surface area contributed by atoms with Gasteiger partial charge in [-0.3, -0.25) is 18.6 Å². The summed E-state index contributed by atoms with van der Waals surface area (Å²) in [6.45, 7) is 5.71. The SMILES string of the molecule is CCOS(=O)(=O)c1ccc(C)cc1.C[C@H](N[C@H]1CCC2(C[C@H]1C(=O)O)C(=O)CCC2=O)c1ccccc1. The maximum atomic E-state index is 12.2. The lowest BCUT2D eigenvalue weighted by Gasteiger charge is -2.40. The summed E-state index contributed by atoms with van der Waals surface area (Å²) in [5, 5.41) is 13.0. The van der Waals surface area contributed by atoms with Crippen molar-refractivity contribution >= 4 is 27.7 Å². The number of ketones is 2. The van der Waals surface area contributed by atoms with E-state index in [1.807, 2.05) is 44.2 Å². The average molecular weight is 530 g/mol. The summed E-state index contributed by atoms with van der Waals surface area (Å²) in [5.41, 5.74) is 1.09. The quantitative estimate of drug-likeness (QED) is 0.403. The van der Waals surface area contributed by atoms with Crippen LogP contribution in [0.3, 0.4) is 0 Å². The van der Waals surface area contributed by atoms with E-state index in [4.69, 9.17) is 0 Å². The maximum absolute atomic E-state index is 12.2. The minimum absolute atomic E-state index is 0.0158. The number of carboxylic acids is 1. The van der Waals surface area contributed by atoms with E-state index < -0.39 is 27.4 Å². The van der Waals surface area contributed by atoms with E-state index in [0.717, 1.165) is 11.1 Å². The van der Waals surface area contributed by atoms with Crippen molar-refractivity contribution in [1.29, 1.82) is 0 Å². The highest BCUT2D eigenvalue weighted by molar-refractivity contribution is 7.86. The monoisotopic (exact) mass is 529 g/mol. The Hall–Kier alpha value is -2.88. The highest BCUT2D eigenvalue weighted by Gasteiger charge is 2.55. The lowest BCUT2D eigenvalue weighted by molar-refractivity contribution is -0.149. The molecule has 2 fully saturated rings. The van der Waals surface area contributed by atoms with Crippen molar-refractivity contribution in [3.05, 3.63) is 65.7 Å². The second-order valence-electron chi connectivity index (χ2n) is 9.70. The van der Waals surface area contributed by atoms with Gasteiger partial charge in [0.15, 0.2) is 0 Å². The van der Waals surface area contributed by atoms with Crippen LogP contribution in [-0.4, -0.2) is 43.7 Å². The summed E-state index contributed by atoms with van der Waals surface area (Å²) >= 11 is 0. The molecular weight excluding hydrogens is 494 g/mol. The van der Waals surface area contributed by atoms with E-state index in [1.165, 1.54) is 0 Å². The Morgan fingerprint density at radius 2 is 1.68 bits per heavy atom. The predicted molar refractivity (Wildman–Crippen MR) is 138 cm³/mol. The molecule has 200 valence electrons. The molecule has 0 bridgehead atoms. The zero-order valence-electron chi connectivity index (χ0n) is 21.5. The number of nitrogens with one attached hydrogen (secondary N) is 1. The largest absolute Gasteiger partial charge is 0.481 e. The molecule has 9 heteroatoms. The van der Waals surface area contributed by atoms with E-state index in [1.54, 1.807) is 31.2 Å². The Labute approximate surface area is 218 Å². The molecule has 2 aromatic carbocycles. The summed E-state index contributed by atoms with van der Waals surface area (Å²) < 4.78 is 27.3. The first-order valence-electron chi connectivity index (χ1n) is 12.6. The molecule has 3 atom stereocenters. The van der Waals surface area contributed by atoms with Crippen molar-refractivity contribution in [2.45, 2.75) is 69.9 Å². The number of benzene rings is 2. The topological polar surface area (TPSA) is 127 Å². The molecular formula is C28H35NO7S. The van der Waals surface area contributed by atoms with Gasteiger partial charge in [0.25, 0.3) is 10.1 Å². The zero-order chi connectivity index (χ0) is 27.2. The molecule has 0 aromatic heterocycles. The van der Waals surface area contributed by atoms with Crippen LogP contribution in [0.2, 0.25) is 0 Å². The van der Waals surface area contributed by atoms with Crippen molar-refractivity contribution in [3.8, 4) is 0 Å². The summed E-state index contributed by atoms with van der Waals surface area (Å²) in [5.74, 6) is -1.77. The zero-order valence-corrected chi connectivity index (χ0v) is 22.3. The average Bonchev–Trinajstić information content (AvgIpc) is 3.14. The first-order valence-corrected chi connectivity index (χ1v) is 14.0. The highest BCUT2D eigenvalue weighted by atomic mass is 32.2. The maximum Gasteiger partial charge on any atom is 0.308 e. The van der Waals surface area contributed by atoms with Gasteiger partial charge in [-0.05, 0) is 57.7 Å². The molecule has 4 rings (SSSR count). The van der Waals surface area contributed by atoms with E-state index in [0.29, 0.717) is 12.8 Å². The van der Waals surface area contributed by atoms with E-state index in [9.17, 15) is 27.9 Å². The molecule has 2 aliphatic carbocycles. The number of Topliss-reactive ketones (excluding diaryl/α,β-unsaturated/α-hetero) is 2. The van der Waals surface area contributed by atoms with Crippen molar-refractivity contribution < 1.29 is 32.1 Å². The van der Waals surface area contributed by atoms with Crippen LogP contribution in [0.1, 0.15) is 63.1 Å². The Kier molecular flexibility index (Phi) is 9.39. The number of hydrogen-bond donors (Lipinski definition) is 2. The summed E-state index contributed by atoms with van der Waals surface area (Å²) in [6.07, 6.45) is 1.67. The third kappa shape index (κ3) is 6.71. The van der Waals surface area contributed by atoms with Gasteiger partial charge in [-0.25, -0.2) is 0 Å². The molecule has 2 N–H and O–H groups in total. The van der Waals surface area contributed by atoms with Crippen molar-refractivity contribution in [1.82, 2.24) is 5.32 Å². The van der Waals surface area contributed by atoms with Crippen LogP contribution in [0.4, 0.5) is 0 Å². The number of hydrogen-bond acceptors (Lipinski definition) is 7. The van der Waals surface area contributed by atoms with Crippen LogP contribution in [-0.2, 0) is 28.7 Å². The predicted octanol–water partition coefficient (Wildman–Crippen LogP) is 4.23. The highest BCUT2D eigenvalue weighted by Crippen LogP contribution is 2.46. The van der Waals surface area contributed by atoms with Crippen molar-refractivity contribution in [2.75, 3.05) is 6.61 Å².